The fourth-order valence-electron chi connectivity index (χ4n) is 2.99. The number of para-hydroxylation sites is 1. The Bertz CT molecular complexity index is 1140. The lowest BCUT2D eigenvalue weighted by molar-refractivity contribution is -0.113. The molecule has 0 saturated heterocycles. The molecule has 0 fully saturated rings. The maximum Gasteiger partial charge on any atom is 0.253 e. The van der Waals surface area contributed by atoms with Crippen LogP contribution in [0.4, 0.5) is 5.69 Å². The molecule has 0 aliphatic heterocycles. The summed E-state index contributed by atoms with van der Waals surface area (Å²) in [5, 5.41) is 7.95. The van der Waals surface area contributed by atoms with E-state index in [4.69, 9.17) is 0 Å². The summed E-state index contributed by atoms with van der Waals surface area (Å²) >= 11 is 1.29. The van der Waals surface area contributed by atoms with Crippen molar-refractivity contribution >= 4 is 29.1 Å². The number of carbonyl (C=O) groups is 1. The minimum absolute atomic E-state index is 0.104. The second kappa shape index (κ2) is 7.82. The third-order valence-electron chi connectivity index (χ3n) is 4.22. The number of carbonyl (C=O) groups excluding carboxylic acids is 1. The number of rotatable bonds is 5. The van der Waals surface area contributed by atoms with Gasteiger partial charge in [-0.1, -0.05) is 60.3 Å². The number of nitrogens with zero attached hydrogens (tertiary/aromatic N) is 4. The fourth-order valence-corrected chi connectivity index (χ4v) is 3.60. The zero-order valence-corrected chi connectivity index (χ0v) is 16.4. The summed E-state index contributed by atoms with van der Waals surface area (Å²) in [6.07, 6.45) is 0. The summed E-state index contributed by atoms with van der Waals surface area (Å²) in [4.78, 5) is 21.3. The molecule has 0 bridgehead atoms. The van der Waals surface area contributed by atoms with Crippen molar-refractivity contribution in [1.29, 1.82) is 0 Å². The zero-order chi connectivity index (χ0) is 19.5. The quantitative estimate of drug-likeness (QED) is 0.520. The highest BCUT2D eigenvalue weighted by atomic mass is 32.2. The predicted octanol–water partition coefficient (Wildman–Crippen LogP) is 4.14. The molecule has 0 radical (unpaired) electrons. The lowest BCUT2D eigenvalue weighted by atomic mass is 10.0. The maximum absolute atomic E-state index is 12.5. The molecule has 4 rings (SSSR count). The SMILES string of the molecule is Cc1cc(C)n2nc(SCC(=O)Nc3ccccc3-c3ccccc3)nc2n1. The van der Waals surface area contributed by atoms with E-state index in [0.29, 0.717) is 10.9 Å². The summed E-state index contributed by atoms with van der Waals surface area (Å²) in [5.74, 6) is 0.667. The summed E-state index contributed by atoms with van der Waals surface area (Å²) in [6, 6.07) is 19.7. The minimum atomic E-state index is -0.104. The molecule has 0 aliphatic carbocycles. The Hall–Kier alpha value is -3.19. The van der Waals surface area contributed by atoms with E-state index in [9.17, 15) is 4.79 Å². The zero-order valence-electron chi connectivity index (χ0n) is 15.6. The minimum Gasteiger partial charge on any atom is -0.325 e. The van der Waals surface area contributed by atoms with Gasteiger partial charge in [0, 0.05) is 22.6 Å². The monoisotopic (exact) mass is 389 g/mol. The normalized spacial score (nSPS) is 10.9. The van der Waals surface area contributed by atoms with Crippen LogP contribution in [0.5, 0.6) is 0 Å². The molecule has 0 atom stereocenters. The Balaban J connectivity index is 1.47. The fraction of sp³-hybridized carbons (Fsp3) is 0.143. The van der Waals surface area contributed by atoms with E-state index in [-0.39, 0.29) is 11.7 Å². The number of anilines is 1. The van der Waals surface area contributed by atoms with Crippen LogP contribution in [0.1, 0.15) is 11.4 Å². The van der Waals surface area contributed by atoms with Crippen LogP contribution in [-0.2, 0) is 4.79 Å². The largest absolute Gasteiger partial charge is 0.325 e. The standard InChI is InChI=1S/C21H19N5OS/c1-14-12-15(2)26-20(22-14)24-21(25-26)28-13-19(27)23-18-11-7-6-10-17(18)16-8-4-3-5-9-16/h3-12H,13H2,1-2H3,(H,23,27). The molecule has 0 unspecified atom stereocenters. The summed E-state index contributed by atoms with van der Waals surface area (Å²) in [7, 11) is 0. The Morgan fingerprint density at radius 2 is 1.79 bits per heavy atom. The first-order valence-electron chi connectivity index (χ1n) is 8.88. The van der Waals surface area contributed by atoms with Crippen molar-refractivity contribution in [3.8, 4) is 11.1 Å². The van der Waals surface area contributed by atoms with Crippen molar-refractivity contribution in [2.45, 2.75) is 19.0 Å². The molecule has 0 aliphatic rings. The molecule has 7 heteroatoms. The second-order valence-corrected chi connectivity index (χ2v) is 7.34. The van der Waals surface area contributed by atoms with Gasteiger partial charge in [-0.3, -0.25) is 4.79 Å². The molecule has 2 aromatic carbocycles. The number of aryl methyl sites for hydroxylation is 2. The Kier molecular flexibility index (Phi) is 5.08. The second-order valence-electron chi connectivity index (χ2n) is 6.39. The van der Waals surface area contributed by atoms with Crippen LogP contribution in [0.15, 0.2) is 65.8 Å². The number of hydrogen-bond acceptors (Lipinski definition) is 5. The highest BCUT2D eigenvalue weighted by Crippen LogP contribution is 2.27. The summed E-state index contributed by atoms with van der Waals surface area (Å²) in [6.45, 7) is 3.88. The number of hydrogen-bond donors (Lipinski definition) is 1. The van der Waals surface area contributed by atoms with Crippen LogP contribution in [0, 0.1) is 13.8 Å². The molecule has 28 heavy (non-hydrogen) atoms. The van der Waals surface area contributed by atoms with Crippen LogP contribution in [0.3, 0.4) is 0 Å². The molecule has 0 saturated carbocycles. The number of amides is 1. The van der Waals surface area contributed by atoms with E-state index in [1.165, 1.54) is 11.8 Å². The Morgan fingerprint density at radius 3 is 2.61 bits per heavy atom. The van der Waals surface area contributed by atoms with Crippen molar-refractivity contribution < 1.29 is 4.79 Å². The van der Waals surface area contributed by atoms with E-state index in [1.54, 1.807) is 4.52 Å². The highest BCUT2D eigenvalue weighted by Gasteiger charge is 2.12. The number of nitrogens with one attached hydrogen (secondary N) is 1. The highest BCUT2D eigenvalue weighted by molar-refractivity contribution is 7.99. The third kappa shape index (κ3) is 3.89. The van der Waals surface area contributed by atoms with Crippen molar-refractivity contribution in [2.24, 2.45) is 0 Å². The van der Waals surface area contributed by atoms with Gasteiger partial charge in [0.2, 0.25) is 11.1 Å². The molecule has 1 N–H and O–H groups in total. The Morgan fingerprint density at radius 1 is 1.04 bits per heavy atom. The van der Waals surface area contributed by atoms with Gasteiger partial charge in [-0.15, -0.1) is 5.10 Å². The smallest absolute Gasteiger partial charge is 0.253 e. The van der Waals surface area contributed by atoms with Gasteiger partial charge in [-0.2, -0.15) is 4.98 Å². The van der Waals surface area contributed by atoms with E-state index in [1.807, 2.05) is 74.5 Å². The van der Waals surface area contributed by atoms with E-state index < -0.39 is 0 Å². The summed E-state index contributed by atoms with van der Waals surface area (Å²) < 4.78 is 1.69. The van der Waals surface area contributed by atoms with E-state index >= 15 is 0 Å². The van der Waals surface area contributed by atoms with Gasteiger partial charge >= 0.3 is 0 Å². The third-order valence-corrected chi connectivity index (χ3v) is 5.05. The average Bonchev–Trinajstić information content (AvgIpc) is 3.11. The molecule has 140 valence electrons. The van der Waals surface area contributed by atoms with Crippen LogP contribution >= 0.6 is 11.8 Å². The van der Waals surface area contributed by atoms with Crippen LogP contribution in [0.25, 0.3) is 16.9 Å². The predicted molar refractivity (Wildman–Crippen MR) is 111 cm³/mol. The van der Waals surface area contributed by atoms with Gasteiger partial charge < -0.3 is 5.32 Å². The molecule has 4 aromatic rings. The lowest BCUT2D eigenvalue weighted by Gasteiger charge is -2.10. The van der Waals surface area contributed by atoms with Gasteiger partial charge in [0.05, 0.1) is 5.75 Å². The summed E-state index contributed by atoms with van der Waals surface area (Å²) in [5.41, 5.74) is 4.69. The lowest BCUT2D eigenvalue weighted by Crippen LogP contribution is -2.14. The first-order chi connectivity index (χ1) is 13.6. The number of fused-ring (bicyclic) bond motifs is 1. The first kappa shape index (κ1) is 18.2. The number of aromatic nitrogens is 4. The molecular weight excluding hydrogens is 370 g/mol. The Labute approximate surface area is 167 Å². The van der Waals surface area contributed by atoms with E-state index in [2.05, 4.69) is 20.4 Å². The molecule has 1 amide bonds. The molecule has 0 spiro atoms. The van der Waals surface area contributed by atoms with Crippen LogP contribution < -0.4 is 5.32 Å². The molecule has 2 heterocycles. The van der Waals surface area contributed by atoms with Gasteiger partial charge in [0.25, 0.3) is 5.78 Å². The van der Waals surface area contributed by atoms with E-state index in [0.717, 1.165) is 28.2 Å². The van der Waals surface area contributed by atoms with Gasteiger partial charge in [0.1, 0.15) is 0 Å². The maximum atomic E-state index is 12.5. The van der Waals surface area contributed by atoms with Crippen LogP contribution in [-0.4, -0.2) is 31.2 Å². The topological polar surface area (TPSA) is 72.2 Å². The van der Waals surface area contributed by atoms with Crippen molar-refractivity contribution in [1.82, 2.24) is 19.6 Å². The van der Waals surface area contributed by atoms with Crippen molar-refractivity contribution in [3.05, 3.63) is 72.1 Å². The van der Waals surface area contributed by atoms with Gasteiger partial charge in [0.15, 0.2) is 0 Å². The first-order valence-corrected chi connectivity index (χ1v) is 9.87. The average molecular weight is 389 g/mol. The molecule has 2 aromatic heterocycles. The number of benzene rings is 2. The van der Waals surface area contributed by atoms with Crippen LogP contribution in [0.2, 0.25) is 0 Å². The molecule has 6 nitrogen and oxygen atoms in total. The number of thioether (sulfide) groups is 1. The van der Waals surface area contributed by atoms with Gasteiger partial charge in [-0.05, 0) is 31.5 Å². The van der Waals surface area contributed by atoms with Gasteiger partial charge in [-0.25, -0.2) is 9.50 Å². The molecular formula is C21H19N5OS. The van der Waals surface area contributed by atoms with Crippen molar-refractivity contribution in [2.75, 3.05) is 11.1 Å². The van der Waals surface area contributed by atoms with Crippen molar-refractivity contribution in [3.63, 3.8) is 0 Å².